The van der Waals surface area contributed by atoms with E-state index in [1.54, 1.807) is 17.8 Å². The SMILES string of the molecule is O=C1c2ccc(Cl)cc2SC12CC2. The van der Waals surface area contributed by atoms with Crippen molar-refractivity contribution in [2.45, 2.75) is 22.5 Å². The Balaban J connectivity index is 2.17. The molecule has 0 N–H and O–H groups in total. The molecule has 13 heavy (non-hydrogen) atoms. The number of hydrogen-bond donors (Lipinski definition) is 0. The fourth-order valence-electron chi connectivity index (χ4n) is 1.71. The Labute approximate surface area is 85.5 Å². The van der Waals surface area contributed by atoms with Crippen molar-refractivity contribution in [3.8, 4) is 0 Å². The highest BCUT2D eigenvalue weighted by Gasteiger charge is 2.55. The Hall–Kier alpha value is -0.470. The van der Waals surface area contributed by atoms with Crippen LogP contribution in [0.1, 0.15) is 23.2 Å². The number of benzene rings is 1. The highest BCUT2D eigenvalue weighted by molar-refractivity contribution is 8.02. The zero-order valence-electron chi connectivity index (χ0n) is 6.84. The van der Waals surface area contributed by atoms with Gasteiger partial charge in [0, 0.05) is 15.5 Å². The largest absolute Gasteiger partial charge is 0.293 e. The van der Waals surface area contributed by atoms with Crippen LogP contribution in [0.25, 0.3) is 0 Å². The minimum atomic E-state index is -0.0764. The van der Waals surface area contributed by atoms with Gasteiger partial charge in [-0.05, 0) is 31.0 Å². The van der Waals surface area contributed by atoms with E-state index >= 15 is 0 Å². The van der Waals surface area contributed by atoms with Crippen LogP contribution in [0, 0.1) is 0 Å². The summed E-state index contributed by atoms with van der Waals surface area (Å²) in [6.07, 6.45) is 2.06. The molecule has 1 heterocycles. The average Bonchev–Trinajstić information content (AvgIpc) is 2.79. The van der Waals surface area contributed by atoms with Crippen LogP contribution >= 0.6 is 23.4 Å². The van der Waals surface area contributed by atoms with Crippen molar-refractivity contribution in [2.75, 3.05) is 0 Å². The van der Waals surface area contributed by atoms with Crippen LogP contribution in [0.15, 0.2) is 23.1 Å². The molecule has 0 radical (unpaired) electrons. The molecule has 1 spiro atoms. The fourth-order valence-corrected chi connectivity index (χ4v) is 3.34. The second-order valence-corrected chi connectivity index (χ2v) is 5.43. The fraction of sp³-hybridized carbons (Fsp3) is 0.300. The summed E-state index contributed by atoms with van der Waals surface area (Å²) in [7, 11) is 0. The number of carbonyl (C=O) groups excluding carboxylic acids is 1. The van der Waals surface area contributed by atoms with Gasteiger partial charge < -0.3 is 0 Å². The molecule has 0 atom stereocenters. The van der Waals surface area contributed by atoms with Gasteiger partial charge in [-0.1, -0.05) is 11.6 Å². The molecule has 1 aromatic carbocycles. The van der Waals surface area contributed by atoms with E-state index in [9.17, 15) is 4.79 Å². The maximum Gasteiger partial charge on any atom is 0.180 e. The van der Waals surface area contributed by atoms with Gasteiger partial charge in [0.25, 0.3) is 0 Å². The van der Waals surface area contributed by atoms with E-state index in [1.165, 1.54) is 0 Å². The first-order valence-electron chi connectivity index (χ1n) is 4.25. The van der Waals surface area contributed by atoms with Crippen molar-refractivity contribution < 1.29 is 4.79 Å². The first kappa shape index (κ1) is 7.89. The van der Waals surface area contributed by atoms with E-state index in [-0.39, 0.29) is 4.75 Å². The van der Waals surface area contributed by atoms with Crippen LogP contribution in [0.5, 0.6) is 0 Å². The summed E-state index contributed by atoms with van der Waals surface area (Å²) in [6.45, 7) is 0. The first-order chi connectivity index (χ1) is 6.21. The highest BCUT2D eigenvalue weighted by Crippen LogP contribution is 2.59. The second kappa shape index (κ2) is 2.31. The monoisotopic (exact) mass is 210 g/mol. The topological polar surface area (TPSA) is 17.1 Å². The quantitative estimate of drug-likeness (QED) is 0.655. The summed E-state index contributed by atoms with van der Waals surface area (Å²) in [6, 6.07) is 5.53. The molecule has 2 aliphatic rings. The number of hydrogen-bond acceptors (Lipinski definition) is 2. The molecule has 0 saturated heterocycles. The number of fused-ring (bicyclic) bond motifs is 1. The van der Waals surface area contributed by atoms with E-state index in [0.29, 0.717) is 5.78 Å². The lowest BCUT2D eigenvalue weighted by atomic mass is 10.1. The Kier molecular flexibility index (Phi) is 1.40. The van der Waals surface area contributed by atoms with Crippen LogP contribution in [-0.4, -0.2) is 10.5 Å². The summed E-state index contributed by atoms with van der Waals surface area (Å²) in [5.74, 6) is 0.309. The van der Waals surface area contributed by atoms with Crippen molar-refractivity contribution in [2.24, 2.45) is 0 Å². The molecule has 1 aliphatic heterocycles. The minimum absolute atomic E-state index is 0.0764. The molecule has 0 bridgehead atoms. The van der Waals surface area contributed by atoms with E-state index in [2.05, 4.69) is 0 Å². The molecule has 1 fully saturated rings. The Morgan fingerprint density at radius 3 is 2.85 bits per heavy atom. The lowest BCUT2D eigenvalue weighted by molar-refractivity contribution is 0.0983. The molecular weight excluding hydrogens is 204 g/mol. The number of ketones is 1. The Morgan fingerprint density at radius 2 is 2.15 bits per heavy atom. The lowest BCUT2D eigenvalue weighted by Crippen LogP contribution is -2.11. The van der Waals surface area contributed by atoms with Gasteiger partial charge in [-0.2, -0.15) is 0 Å². The van der Waals surface area contributed by atoms with Crippen LogP contribution < -0.4 is 0 Å². The summed E-state index contributed by atoms with van der Waals surface area (Å²) < 4.78 is -0.0764. The predicted molar refractivity (Wildman–Crippen MR) is 53.6 cm³/mol. The van der Waals surface area contributed by atoms with Crippen molar-refractivity contribution in [3.05, 3.63) is 28.8 Å². The van der Waals surface area contributed by atoms with Gasteiger partial charge in [0.2, 0.25) is 0 Å². The number of halogens is 1. The summed E-state index contributed by atoms with van der Waals surface area (Å²) in [5, 5.41) is 0.719. The van der Waals surface area contributed by atoms with Gasteiger partial charge in [0.05, 0.1) is 4.75 Å². The molecule has 0 aromatic heterocycles. The van der Waals surface area contributed by atoms with Gasteiger partial charge in [0.15, 0.2) is 5.78 Å². The van der Waals surface area contributed by atoms with E-state index < -0.39 is 0 Å². The molecular formula is C10H7ClOS. The molecule has 0 unspecified atom stereocenters. The normalized spacial score (nSPS) is 22.1. The zero-order chi connectivity index (χ0) is 9.05. The van der Waals surface area contributed by atoms with Gasteiger partial charge in [-0.3, -0.25) is 4.79 Å². The maximum absolute atomic E-state index is 11.8. The summed E-state index contributed by atoms with van der Waals surface area (Å²) >= 11 is 7.55. The molecule has 1 nitrogen and oxygen atoms in total. The van der Waals surface area contributed by atoms with Gasteiger partial charge in [-0.25, -0.2) is 0 Å². The van der Waals surface area contributed by atoms with Crippen molar-refractivity contribution in [3.63, 3.8) is 0 Å². The smallest absolute Gasteiger partial charge is 0.180 e. The number of Topliss-reactive ketones (excluding diaryl/α,β-unsaturated/α-hetero) is 1. The number of thioether (sulfide) groups is 1. The number of carbonyl (C=O) groups is 1. The third kappa shape index (κ3) is 0.990. The molecule has 1 aromatic rings. The van der Waals surface area contributed by atoms with Gasteiger partial charge >= 0.3 is 0 Å². The summed E-state index contributed by atoms with van der Waals surface area (Å²) in [5.41, 5.74) is 0.868. The Bertz CT molecular complexity index is 409. The molecule has 1 saturated carbocycles. The molecule has 3 rings (SSSR count). The standard InChI is InChI=1S/C10H7ClOS/c11-6-1-2-7-8(5-6)13-10(3-4-10)9(7)12/h1-2,5H,3-4H2. The van der Waals surface area contributed by atoms with Crippen LogP contribution in [0.4, 0.5) is 0 Å². The molecule has 0 amide bonds. The Morgan fingerprint density at radius 1 is 1.38 bits per heavy atom. The maximum atomic E-state index is 11.8. The molecule has 3 heteroatoms. The van der Waals surface area contributed by atoms with Crippen LogP contribution in [-0.2, 0) is 0 Å². The van der Waals surface area contributed by atoms with E-state index in [4.69, 9.17) is 11.6 Å². The van der Waals surface area contributed by atoms with Crippen molar-refractivity contribution >= 4 is 29.1 Å². The molecule has 66 valence electrons. The zero-order valence-corrected chi connectivity index (χ0v) is 8.41. The highest BCUT2D eigenvalue weighted by atomic mass is 35.5. The van der Waals surface area contributed by atoms with E-state index in [0.717, 1.165) is 28.3 Å². The second-order valence-electron chi connectivity index (χ2n) is 3.57. The minimum Gasteiger partial charge on any atom is -0.293 e. The van der Waals surface area contributed by atoms with Crippen LogP contribution in [0.2, 0.25) is 5.02 Å². The average molecular weight is 211 g/mol. The van der Waals surface area contributed by atoms with Crippen LogP contribution in [0.3, 0.4) is 0 Å². The van der Waals surface area contributed by atoms with Gasteiger partial charge in [0.1, 0.15) is 0 Å². The van der Waals surface area contributed by atoms with Crippen molar-refractivity contribution in [1.29, 1.82) is 0 Å². The molecule has 1 aliphatic carbocycles. The number of rotatable bonds is 0. The summed E-state index contributed by atoms with van der Waals surface area (Å²) in [4.78, 5) is 12.9. The predicted octanol–water partition coefficient (Wildman–Crippen LogP) is 3.16. The third-order valence-electron chi connectivity index (χ3n) is 2.61. The lowest BCUT2D eigenvalue weighted by Gasteiger charge is -1.97. The van der Waals surface area contributed by atoms with Crippen molar-refractivity contribution in [1.82, 2.24) is 0 Å². The van der Waals surface area contributed by atoms with E-state index in [1.807, 2.05) is 12.1 Å². The first-order valence-corrected chi connectivity index (χ1v) is 5.44. The van der Waals surface area contributed by atoms with Gasteiger partial charge in [-0.15, -0.1) is 11.8 Å². The third-order valence-corrected chi connectivity index (χ3v) is 4.39.